The van der Waals surface area contributed by atoms with Gasteiger partial charge in [-0.2, -0.15) is 0 Å². The molecule has 0 spiro atoms. The molecule has 0 radical (unpaired) electrons. The van der Waals surface area contributed by atoms with Crippen molar-refractivity contribution in [2.45, 2.75) is 39.8 Å². The number of hydrogen-bond donors (Lipinski definition) is 0. The number of halogens is 1. The number of rotatable bonds is 4. The summed E-state index contributed by atoms with van der Waals surface area (Å²) < 4.78 is 12.3. The Hall–Kier alpha value is -0.600. The van der Waals surface area contributed by atoms with E-state index < -0.39 is 0 Å². The van der Waals surface area contributed by atoms with E-state index in [1.165, 1.54) is 0 Å². The molecule has 0 bridgehead atoms. The maximum absolute atomic E-state index is 12.3. The Morgan fingerprint density at radius 2 is 1.93 bits per heavy atom. The van der Waals surface area contributed by atoms with Crippen molar-refractivity contribution >= 4 is 6.34 Å². The third kappa shape index (κ3) is 2.25. The summed E-state index contributed by atoms with van der Waals surface area (Å²) in [6, 6.07) is 0.715. The Balaban J connectivity index is 2.69. The van der Waals surface area contributed by atoms with Gasteiger partial charge in [-0.1, -0.05) is 27.7 Å². The lowest BCUT2D eigenvalue weighted by molar-refractivity contribution is 0.207. The summed E-state index contributed by atoms with van der Waals surface area (Å²) in [7, 11) is 0. The van der Waals surface area contributed by atoms with Crippen molar-refractivity contribution in [1.29, 1.82) is 0 Å². The second kappa shape index (κ2) is 4.76. The van der Waals surface area contributed by atoms with E-state index in [1.54, 1.807) is 0 Å². The van der Waals surface area contributed by atoms with Gasteiger partial charge in [-0.15, -0.1) is 0 Å². The average Bonchev–Trinajstić information content (AvgIpc) is 2.48. The van der Waals surface area contributed by atoms with E-state index in [-0.39, 0.29) is 6.67 Å². The fraction of sp³-hybridized carbons (Fsp3) is 0.909. The Morgan fingerprint density at radius 1 is 1.29 bits per heavy atom. The summed E-state index contributed by atoms with van der Waals surface area (Å²) >= 11 is 0. The predicted molar refractivity (Wildman–Crippen MR) is 58.4 cm³/mol. The minimum absolute atomic E-state index is 0.292. The van der Waals surface area contributed by atoms with Crippen molar-refractivity contribution in [2.75, 3.05) is 13.2 Å². The van der Waals surface area contributed by atoms with Gasteiger partial charge in [0.15, 0.2) is 0 Å². The molecule has 14 heavy (non-hydrogen) atoms. The largest absolute Gasteiger partial charge is 0.355 e. The van der Waals surface area contributed by atoms with Crippen LogP contribution in [0.3, 0.4) is 0 Å². The molecule has 0 aromatic heterocycles. The first-order valence-corrected chi connectivity index (χ1v) is 5.43. The van der Waals surface area contributed by atoms with E-state index in [0.29, 0.717) is 30.5 Å². The molecule has 1 rings (SSSR count). The molecule has 0 saturated heterocycles. The zero-order valence-electron chi connectivity index (χ0n) is 9.57. The molecule has 0 amide bonds. The summed E-state index contributed by atoms with van der Waals surface area (Å²) in [6.07, 6.45) is 1.83. The van der Waals surface area contributed by atoms with Crippen LogP contribution in [0, 0.1) is 11.8 Å². The molecule has 0 N–H and O–H groups in total. The smallest absolute Gasteiger partial charge is 0.107 e. The van der Waals surface area contributed by atoms with Gasteiger partial charge in [0.2, 0.25) is 0 Å². The van der Waals surface area contributed by atoms with Crippen LogP contribution in [-0.2, 0) is 0 Å². The maximum Gasteiger partial charge on any atom is 0.107 e. The van der Waals surface area contributed by atoms with Gasteiger partial charge in [0, 0.05) is 6.54 Å². The molecule has 1 aliphatic rings. The lowest BCUT2D eigenvalue weighted by Gasteiger charge is -2.32. The fourth-order valence-corrected chi connectivity index (χ4v) is 2.17. The van der Waals surface area contributed by atoms with Crippen LogP contribution in [0.1, 0.15) is 27.7 Å². The number of nitrogens with zero attached hydrogens (tertiary/aromatic N) is 2. The third-order valence-corrected chi connectivity index (χ3v) is 2.83. The summed E-state index contributed by atoms with van der Waals surface area (Å²) in [6.45, 7) is 8.90. The summed E-state index contributed by atoms with van der Waals surface area (Å²) in [5.41, 5.74) is 0. The van der Waals surface area contributed by atoms with E-state index in [0.717, 1.165) is 0 Å². The second-order valence-corrected chi connectivity index (χ2v) is 4.66. The first-order valence-electron chi connectivity index (χ1n) is 5.43. The minimum Gasteiger partial charge on any atom is -0.355 e. The van der Waals surface area contributed by atoms with Crippen LogP contribution in [0.25, 0.3) is 0 Å². The first-order chi connectivity index (χ1) is 6.57. The monoisotopic (exact) mass is 200 g/mol. The molecule has 2 nitrogen and oxygen atoms in total. The van der Waals surface area contributed by atoms with Crippen LogP contribution in [0.2, 0.25) is 0 Å². The molecule has 0 fully saturated rings. The highest BCUT2D eigenvalue weighted by Gasteiger charge is 2.34. The van der Waals surface area contributed by atoms with Gasteiger partial charge >= 0.3 is 0 Å². The Bertz CT molecular complexity index is 201. The van der Waals surface area contributed by atoms with Crippen molar-refractivity contribution in [1.82, 2.24) is 4.90 Å². The lowest BCUT2D eigenvalue weighted by Crippen LogP contribution is -2.43. The minimum atomic E-state index is -0.292. The van der Waals surface area contributed by atoms with E-state index >= 15 is 0 Å². The van der Waals surface area contributed by atoms with E-state index in [9.17, 15) is 4.39 Å². The summed E-state index contributed by atoms with van der Waals surface area (Å²) in [5.74, 6) is 1.06. The van der Waals surface area contributed by atoms with Gasteiger partial charge in [-0.25, -0.2) is 4.39 Å². The number of aliphatic imine (C=N–C) groups is 1. The van der Waals surface area contributed by atoms with E-state index in [1.807, 2.05) is 6.34 Å². The highest BCUT2D eigenvalue weighted by atomic mass is 19.1. The molecule has 1 aliphatic heterocycles. The Kier molecular flexibility index (Phi) is 3.90. The Labute approximate surface area is 86.2 Å². The maximum atomic E-state index is 12.3. The van der Waals surface area contributed by atoms with Crippen molar-refractivity contribution in [2.24, 2.45) is 16.8 Å². The Morgan fingerprint density at radius 3 is 2.36 bits per heavy atom. The van der Waals surface area contributed by atoms with Crippen LogP contribution in [0.15, 0.2) is 4.99 Å². The van der Waals surface area contributed by atoms with Crippen LogP contribution < -0.4 is 0 Å². The highest BCUT2D eigenvalue weighted by Crippen LogP contribution is 2.25. The molecular weight excluding hydrogens is 179 g/mol. The van der Waals surface area contributed by atoms with Gasteiger partial charge in [-0.3, -0.25) is 4.99 Å². The predicted octanol–water partition coefficient (Wildman–Crippen LogP) is 2.35. The van der Waals surface area contributed by atoms with Gasteiger partial charge in [0.05, 0.1) is 18.4 Å². The van der Waals surface area contributed by atoms with Crippen molar-refractivity contribution < 1.29 is 4.39 Å². The van der Waals surface area contributed by atoms with Gasteiger partial charge in [0.25, 0.3) is 0 Å². The molecule has 1 heterocycles. The van der Waals surface area contributed by atoms with E-state index in [4.69, 9.17) is 0 Å². The molecule has 82 valence electrons. The SMILES string of the molecule is CC(C)C1N=CN(CCF)C1C(C)C. The first kappa shape index (κ1) is 11.5. The number of alkyl halides is 1. The zero-order chi connectivity index (χ0) is 10.7. The van der Waals surface area contributed by atoms with Crippen molar-refractivity contribution in [3.05, 3.63) is 0 Å². The molecule has 0 saturated carbocycles. The topological polar surface area (TPSA) is 15.6 Å². The van der Waals surface area contributed by atoms with Gasteiger partial charge in [-0.05, 0) is 11.8 Å². The zero-order valence-corrected chi connectivity index (χ0v) is 9.57. The highest BCUT2D eigenvalue weighted by molar-refractivity contribution is 5.59. The van der Waals surface area contributed by atoms with E-state index in [2.05, 4.69) is 37.6 Å². The summed E-state index contributed by atoms with van der Waals surface area (Å²) in [5, 5.41) is 0. The number of hydrogen-bond acceptors (Lipinski definition) is 2. The van der Waals surface area contributed by atoms with Crippen LogP contribution in [0.4, 0.5) is 4.39 Å². The molecule has 2 atom stereocenters. The molecular formula is C11H21FN2. The molecule has 3 heteroatoms. The molecule has 0 aromatic rings. The van der Waals surface area contributed by atoms with Crippen molar-refractivity contribution in [3.8, 4) is 0 Å². The van der Waals surface area contributed by atoms with Gasteiger partial charge in [0.1, 0.15) is 6.67 Å². The normalized spacial score (nSPS) is 26.9. The molecule has 0 aromatic carbocycles. The quantitative estimate of drug-likeness (QED) is 0.680. The summed E-state index contributed by atoms with van der Waals surface area (Å²) in [4.78, 5) is 6.52. The third-order valence-electron chi connectivity index (χ3n) is 2.83. The second-order valence-electron chi connectivity index (χ2n) is 4.66. The molecule has 0 aliphatic carbocycles. The van der Waals surface area contributed by atoms with Crippen molar-refractivity contribution in [3.63, 3.8) is 0 Å². The lowest BCUT2D eigenvalue weighted by atomic mass is 9.89. The van der Waals surface area contributed by atoms with Crippen LogP contribution in [-0.4, -0.2) is 36.5 Å². The van der Waals surface area contributed by atoms with Crippen LogP contribution >= 0.6 is 0 Å². The average molecular weight is 200 g/mol. The van der Waals surface area contributed by atoms with Crippen LogP contribution in [0.5, 0.6) is 0 Å². The molecule has 2 unspecified atom stereocenters. The standard InChI is InChI=1S/C11H21FN2/c1-8(2)10-11(9(3)4)14(6-5-12)7-13-10/h7-11H,5-6H2,1-4H3. The fourth-order valence-electron chi connectivity index (χ4n) is 2.17. The van der Waals surface area contributed by atoms with Gasteiger partial charge < -0.3 is 4.90 Å².